The van der Waals surface area contributed by atoms with Gasteiger partial charge in [0.25, 0.3) is 0 Å². The third kappa shape index (κ3) is 2.68. The molecule has 0 heterocycles. The summed E-state index contributed by atoms with van der Waals surface area (Å²) in [6, 6.07) is 11.4. The standard InChI is InChI=1S/C15H20N2/c1-12-6-3-4-7-14(12)11-17(2)15-9-5-8-13(15)10-16/h3-4,6-7,13,15H,5,8-9,11H2,1-2H3. The van der Waals surface area contributed by atoms with E-state index in [1.54, 1.807) is 0 Å². The Morgan fingerprint density at radius 3 is 2.82 bits per heavy atom. The van der Waals surface area contributed by atoms with Crippen LogP contribution in [0.4, 0.5) is 0 Å². The van der Waals surface area contributed by atoms with Crippen LogP contribution in [0.25, 0.3) is 0 Å². The lowest BCUT2D eigenvalue weighted by atomic mass is 10.0. The number of hydrogen-bond acceptors (Lipinski definition) is 2. The van der Waals surface area contributed by atoms with E-state index >= 15 is 0 Å². The first-order valence-corrected chi connectivity index (χ1v) is 6.36. The first kappa shape index (κ1) is 12.1. The number of rotatable bonds is 3. The van der Waals surface area contributed by atoms with Crippen LogP contribution in [0.5, 0.6) is 0 Å². The molecule has 0 aliphatic heterocycles. The van der Waals surface area contributed by atoms with Gasteiger partial charge in [-0.1, -0.05) is 30.7 Å². The fraction of sp³-hybridized carbons (Fsp3) is 0.533. The van der Waals surface area contributed by atoms with Crippen LogP contribution in [0.3, 0.4) is 0 Å². The lowest BCUT2D eigenvalue weighted by molar-refractivity contribution is 0.212. The molecule has 0 bridgehead atoms. The zero-order valence-electron chi connectivity index (χ0n) is 10.7. The third-order valence-corrected chi connectivity index (χ3v) is 3.89. The highest BCUT2D eigenvalue weighted by Crippen LogP contribution is 2.29. The SMILES string of the molecule is Cc1ccccc1CN(C)C1CCCC1C#N. The van der Waals surface area contributed by atoms with E-state index in [1.807, 2.05) is 0 Å². The largest absolute Gasteiger partial charge is 0.298 e. The smallest absolute Gasteiger partial charge is 0.0672 e. The third-order valence-electron chi connectivity index (χ3n) is 3.89. The molecule has 0 aromatic heterocycles. The van der Waals surface area contributed by atoms with Crippen molar-refractivity contribution in [2.45, 2.75) is 38.8 Å². The van der Waals surface area contributed by atoms with Crippen molar-refractivity contribution in [2.24, 2.45) is 5.92 Å². The monoisotopic (exact) mass is 228 g/mol. The Labute approximate surface area is 104 Å². The lowest BCUT2D eigenvalue weighted by Gasteiger charge is -2.27. The van der Waals surface area contributed by atoms with Gasteiger partial charge in [-0.3, -0.25) is 4.90 Å². The second-order valence-electron chi connectivity index (χ2n) is 5.08. The van der Waals surface area contributed by atoms with Crippen molar-refractivity contribution in [3.63, 3.8) is 0 Å². The van der Waals surface area contributed by atoms with Gasteiger partial charge >= 0.3 is 0 Å². The van der Waals surface area contributed by atoms with E-state index in [4.69, 9.17) is 5.26 Å². The van der Waals surface area contributed by atoms with E-state index in [0.717, 1.165) is 13.0 Å². The van der Waals surface area contributed by atoms with Crippen LogP contribution < -0.4 is 0 Å². The van der Waals surface area contributed by atoms with Crippen LogP contribution in [0, 0.1) is 24.2 Å². The molecular weight excluding hydrogens is 208 g/mol. The van der Waals surface area contributed by atoms with Crippen molar-refractivity contribution < 1.29 is 0 Å². The highest BCUT2D eigenvalue weighted by molar-refractivity contribution is 5.25. The number of nitrogens with zero attached hydrogens (tertiary/aromatic N) is 2. The van der Waals surface area contributed by atoms with Crippen LogP contribution in [0.15, 0.2) is 24.3 Å². The molecule has 2 rings (SSSR count). The number of aryl methyl sites for hydroxylation is 1. The summed E-state index contributed by atoms with van der Waals surface area (Å²) in [5, 5.41) is 9.13. The van der Waals surface area contributed by atoms with E-state index in [9.17, 15) is 0 Å². The number of hydrogen-bond donors (Lipinski definition) is 0. The Morgan fingerprint density at radius 1 is 1.35 bits per heavy atom. The predicted octanol–water partition coefficient (Wildman–Crippen LogP) is 3.12. The minimum Gasteiger partial charge on any atom is -0.298 e. The van der Waals surface area contributed by atoms with Gasteiger partial charge in [-0.2, -0.15) is 5.26 Å². The molecule has 90 valence electrons. The Kier molecular flexibility index (Phi) is 3.81. The van der Waals surface area contributed by atoms with Crippen LogP contribution in [-0.4, -0.2) is 18.0 Å². The molecule has 0 N–H and O–H groups in total. The summed E-state index contributed by atoms with van der Waals surface area (Å²) < 4.78 is 0. The maximum atomic E-state index is 9.13. The van der Waals surface area contributed by atoms with Crippen molar-refractivity contribution in [3.05, 3.63) is 35.4 Å². The quantitative estimate of drug-likeness (QED) is 0.794. The zero-order valence-corrected chi connectivity index (χ0v) is 10.7. The van der Waals surface area contributed by atoms with Crippen molar-refractivity contribution in [1.29, 1.82) is 5.26 Å². The Hall–Kier alpha value is -1.33. The van der Waals surface area contributed by atoms with E-state index in [0.29, 0.717) is 6.04 Å². The fourth-order valence-corrected chi connectivity index (χ4v) is 2.79. The molecule has 1 aromatic carbocycles. The van der Waals surface area contributed by atoms with Gasteiger partial charge in [0.1, 0.15) is 0 Å². The van der Waals surface area contributed by atoms with Crippen LogP contribution >= 0.6 is 0 Å². The van der Waals surface area contributed by atoms with Crippen LogP contribution in [0.1, 0.15) is 30.4 Å². The number of nitriles is 1. The summed E-state index contributed by atoms with van der Waals surface area (Å²) in [6.07, 6.45) is 3.43. The summed E-state index contributed by atoms with van der Waals surface area (Å²) in [4.78, 5) is 2.35. The molecule has 0 saturated heterocycles. The molecule has 2 heteroatoms. The molecule has 1 aliphatic rings. The Bertz CT molecular complexity index is 419. The fourth-order valence-electron chi connectivity index (χ4n) is 2.79. The summed E-state index contributed by atoms with van der Waals surface area (Å²) in [6.45, 7) is 3.11. The molecule has 0 amide bonds. The molecule has 0 spiro atoms. The highest BCUT2D eigenvalue weighted by Gasteiger charge is 2.30. The van der Waals surface area contributed by atoms with Crippen molar-refractivity contribution in [2.75, 3.05) is 7.05 Å². The van der Waals surface area contributed by atoms with Crippen molar-refractivity contribution >= 4 is 0 Å². The highest BCUT2D eigenvalue weighted by atomic mass is 15.1. The van der Waals surface area contributed by atoms with E-state index in [-0.39, 0.29) is 5.92 Å². The maximum absolute atomic E-state index is 9.13. The van der Waals surface area contributed by atoms with Crippen LogP contribution in [0.2, 0.25) is 0 Å². The van der Waals surface area contributed by atoms with Gasteiger partial charge in [-0.05, 0) is 37.9 Å². The molecule has 2 atom stereocenters. The van der Waals surface area contributed by atoms with E-state index in [2.05, 4.69) is 49.2 Å². The maximum Gasteiger partial charge on any atom is 0.0672 e. The lowest BCUT2D eigenvalue weighted by Crippen LogP contribution is -2.33. The molecule has 17 heavy (non-hydrogen) atoms. The Balaban J connectivity index is 2.05. The van der Waals surface area contributed by atoms with Crippen molar-refractivity contribution in [1.82, 2.24) is 4.90 Å². The summed E-state index contributed by atoms with van der Waals surface area (Å²) in [5.41, 5.74) is 2.71. The molecule has 2 unspecified atom stereocenters. The van der Waals surface area contributed by atoms with Gasteiger partial charge in [-0.25, -0.2) is 0 Å². The second kappa shape index (κ2) is 5.33. The minimum atomic E-state index is 0.226. The normalized spacial score (nSPS) is 23.9. The van der Waals surface area contributed by atoms with Gasteiger partial charge < -0.3 is 0 Å². The minimum absolute atomic E-state index is 0.226. The van der Waals surface area contributed by atoms with Gasteiger partial charge in [-0.15, -0.1) is 0 Å². The summed E-state index contributed by atoms with van der Waals surface area (Å²) in [5.74, 6) is 0.226. The van der Waals surface area contributed by atoms with Crippen LogP contribution in [-0.2, 0) is 6.54 Å². The molecule has 1 saturated carbocycles. The first-order chi connectivity index (χ1) is 8.22. The molecule has 2 nitrogen and oxygen atoms in total. The topological polar surface area (TPSA) is 27.0 Å². The molecule has 1 fully saturated rings. The van der Waals surface area contributed by atoms with E-state index in [1.165, 1.54) is 24.0 Å². The first-order valence-electron chi connectivity index (χ1n) is 6.36. The molecular formula is C15H20N2. The molecule has 0 radical (unpaired) electrons. The summed E-state index contributed by atoms with van der Waals surface area (Å²) >= 11 is 0. The van der Waals surface area contributed by atoms with Gasteiger partial charge in [0, 0.05) is 12.6 Å². The Morgan fingerprint density at radius 2 is 2.12 bits per heavy atom. The summed E-state index contributed by atoms with van der Waals surface area (Å²) in [7, 11) is 2.15. The molecule has 1 aliphatic carbocycles. The van der Waals surface area contributed by atoms with Gasteiger partial charge in [0.2, 0.25) is 0 Å². The van der Waals surface area contributed by atoms with E-state index < -0.39 is 0 Å². The second-order valence-corrected chi connectivity index (χ2v) is 5.08. The zero-order chi connectivity index (χ0) is 12.3. The molecule has 1 aromatic rings. The van der Waals surface area contributed by atoms with Crippen molar-refractivity contribution in [3.8, 4) is 6.07 Å². The average Bonchev–Trinajstić information content (AvgIpc) is 2.80. The average molecular weight is 228 g/mol. The van der Waals surface area contributed by atoms with Gasteiger partial charge in [0.05, 0.1) is 12.0 Å². The predicted molar refractivity (Wildman–Crippen MR) is 69.4 cm³/mol. The number of benzene rings is 1. The van der Waals surface area contributed by atoms with Gasteiger partial charge in [0.15, 0.2) is 0 Å².